The lowest BCUT2D eigenvalue weighted by atomic mass is 10.1. The average molecular weight is 381 g/mol. The molecule has 3 N–H and O–H groups in total. The number of nitrogens with one attached hydrogen (secondary N) is 1. The number of carbonyl (C=O) groups excluding carboxylic acids is 1. The molecule has 0 fully saturated rings. The van der Waals surface area contributed by atoms with Gasteiger partial charge in [-0.1, -0.05) is 30.3 Å². The molecule has 0 saturated heterocycles. The zero-order chi connectivity index (χ0) is 18.2. The van der Waals surface area contributed by atoms with E-state index in [0.29, 0.717) is 23.7 Å². The van der Waals surface area contributed by atoms with E-state index in [0.717, 1.165) is 11.1 Å². The first-order chi connectivity index (χ1) is 12.1. The smallest absolute Gasteiger partial charge is 0.237 e. The van der Waals surface area contributed by atoms with Gasteiger partial charge in [0.1, 0.15) is 17.2 Å². The lowest BCUT2D eigenvalue weighted by molar-refractivity contribution is -0.122. The van der Waals surface area contributed by atoms with Crippen molar-refractivity contribution >= 4 is 18.3 Å². The van der Waals surface area contributed by atoms with Crippen molar-refractivity contribution in [2.75, 3.05) is 21.3 Å². The Balaban J connectivity index is 0.00000338. The fourth-order valence-electron chi connectivity index (χ4n) is 2.52. The van der Waals surface area contributed by atoms with Gasteiger partial charge in [0.2, 0.25) is 5.91 Å². The largest absolute Gasteiger partial charge is 0.496 e. The molecule has 0 saturated carbocycles. The molecule has 0 heterocycles. The lowest BCUT2D eigenvalue weighted by Crippen LogP contribution is -2.41. The molecule has 6 nitrogen and oxygen atoms in total. The number of rotatable bonds is 8. The van der Waals surface area contributed by atoms with Crippen LogP contribution in [0.1, 0.15) is 11.1 Å². The Bertz CT molecular complexity index is 685. The van der Waals surface area contributed by atoms with E-state index in [4.69, 9.17) is 19.9 Å². The average Bonchev–Trinajstić information content (AvgIpc) is 2.65. The van der Waals surface area contributed by atoms with Crippen molar-refractivity contribution in [3.05, 3.63) is 53.6 Å². The molecule has 0 aliphatic heterocycles. The summed E-state index contributed by atoms with van der Waals surface area (Å²) in [5.41, 5.74) is 7.75. The Morgan fingerprint density at radius 3 is 2.12 bits per heavy atom. The summed E-state index contributed by atoms with van der Waals surface area (Å²) in [6.45, 7) is 0.248. The fourth-order valence-corrected chi connectivity index (χ4v) is 2.52. The summed E-state index contributed by atoms with van der Waals surface area (Å²) in [5, 5.41) is 2.84. The predicted molar refractivity (Wildman–Crippen MR) is 103 cm³/mol. The second-order valence-electron chi connectivity index (χ2n) is 5.52. The van der Waals surface area contributed by atoms with Gasteiger partial charge in [0.15, 0.2) is 0 Å². The van der Waals surface area contributed by atoms with Crippen molar-refractivity contribution in [3.8, 4) is 17.2 Å². The Kier molecular flexibility index (Phi) is 8.75. The quantitative estimate of drug-likeness (QED) is 0.734. The Morgan fingerprint density at radius 1 is 1.04 bits per heavy atom. The van der Waals surface area contributed by atoms with Crippen LogP contribution in [-0.2, 0) is 17.8 Å². The zero-order valence-electron chi connectivity index (χ0n) is 15.2. The second-order valence-corrected chi connectivity index (χ2v) is 5.52. The Labute approximate surface area is 160 Å². The van der Waals surface area contributed by atoms with Crippen LogP contribution in [0.15, 0.2) is 42.5 Å². The number of nitrogens with two attached hydrogens (primary N) is 1. The number of ether oxygens (including phenoxy) is 3. The third-order valence-corrected chi connectivity index (χ3v) is 3.89. The summed E-state index contributed by atoms with van der Waals surface area (Å²) in [6.07, 6.45) is 0.476. The fraction of sp³-hybridized carbons (Fsp3) is 0.316. The van der Waals surface area contributed by atoms with Gasteiger partial charge in [-0.05, 0) is 12.0 Å². The van der Waals surface area contributed by atoms with Crippen molar-refractivity contribution in [1.82, 2.24) is 5.32 Å². The van der Waals surface area contributed by atoms with E-state index in [-0.39, 0.29) is 24.9 Å². The summed E-state index contributed by atoms with van der Waals surface area (Å²) in [5.74, 6) is 1.54. The number of halogens is 1. The molecule has 2 rings (SSSR count). The van der Waals surface area contributed by atoms with Crippen LogP contribution in [-0.4, -0.2) is 33.3 Å². The van der Waals surface area contributed by atoms with Gasteiger partial charge in [-0.15, -0.1) is 12.4 Å². The maximum atomic E-state index is 12.3. The summed E-state index contributed by atoms with van der Waals surface area (Å²) in [4.78, 5) is 12.3. The lowest BCUT2D eigenvalue weighted by Gasteiger charge is -2.17. The summed E-state index contributed by atoms with van der Waals surface area (Å²) in [6, 6.07) is 12.5. The van der Waals surface area contributed by atoms with Crippen LogP contribution < -0.4 is 25.3 Å². The molecular weight excluding hydrogens is 356 g/mol. The van der Waals surface area contributed by atoms with E-state index >= 15 is 0 Å². The van der Waals surface area contributed by atoms with Gasteiger partial charge in [-0.3, -0.25) is 4.79 Å². The van der Waals surface area contributed by atoms with Gasteiger partial charge < -0.3 is 25.3 Å². The molecule has 1 atom stereocenters. The van der Waals surface area contributed by atoms with E-state index in [2.05, 4.69) is 5.32 Å². The molecule has 26 heavy (non-hydrogen) atoms. The summed E-state index contributed by atoms with van der Waals surface area (Å²) < 4.78 is 16.0. The van der Waals surface area contributed by atoms with Crippen LogP contribution >= 0.6 is 12.4 Å². The first kappa shape index (κ1) is 21.6. The molecule has 2 aromatic carbocycles. The normalized spacial score (nSPS) is 11.1. The number of amides is 1. The number of methoxy groups -OCH3 is 3. The van der Waals surface area contributed by atoms with Gasteiger partial charge in [-0.25, -0.2) is 0 Å². The van der Waals surface area contributed by atoms with Gasteiger partial charge in [-0.2, -0.15) is 0 Å². The molecule has 0 radical (unpaired) electrons. The minimum atomic E-state index is -0.627. The van der Waals surface area contributed by atoms with Crippen molar-refractivity contribution in [3.63, 3.8) is 0 Å². The van der Waals surface area contributed by atoms with Crippen molar-refractivity contribution < 1.29 is 19.0 Å². The van der Waals surface area contributed by atoms with Crippen molar-refractivity contribution in [1.29, 1.82) is 0 Å². The highest BCUT2D eigenvalue weighted by atomic mass is 35.5. The topological polar surface area (TPSA) is 82.8 Å². The van der Waals surface area contributed by atoms with Crippen LogP contribution in [0.25, 0.3) is 0 Å². The number of hydrogen-bond donors (Lipinski definition) is 2. The molecule has 1 amide bonds. The summed E-state index contributed by atoms with van der Waals surface area (Å²) in [7, 11) is 4.68. The van der Waals surface area contributed by atoms with Crippen molar-refractivity contribution in [2.45, 2.75) is 19.0 Å². The van der Waals surface area contributed by atoms with Gasteiger partial charge >= 0.3 is 0 Å². The maximum absolute atomic E-state index is 12.3. The van der Waals surface area contributed by atoms with Gasteiger partial charge in [0.05, 0.1) is 39.5 Å². The molecular formula is C19H25ClN2O4. The first-order valence-electron chi connectivity index (χ1n) is 7.95. The Morgan fingerprint density at radius 2 is 1.62 bits per heavy atom. The standard InChI is InChI=1S/C19H24N2O4.ClH/c1-23-14-10-17(24-2)15(18(11-14)25-3)12-21-19(22)16(20)9-13-7-5-4-6-8-13;/h4-8,10-11,16H,9,12,20H2,1-3H3,(H,21,22);1H/t16-;/m0./s1. The number of carbonyl (C=O) groups is 1. The molecule has 0 aliphatic carbocycles. The molecule has 2 aromatic rings. The molecule has 0 spiro atoms. The highest BCUT2D eigenvalue weighted by Gasteiger charge is 2.17. The SMILES string of the molecule is COc1cc(OC)c(CNC(=O)[C@@H](N)Cc2ccccc2)c(OC)c1.Cl. The van der Waals surface area contributed by atoms with E-state index < -0.39 is 6.04 Å². The van der Waals surface area contributed by atoms with Crippen LogP contribution in [0.3, 0.4) is 0 Å². The van der Waals surface area contributed by atoms with Gasteiger partial charge in [0, 0.05) is 12.1 Å². The van der Waals surface area contributed by atoms with Gasteiger partial charge in [0.25, 0.3) is 0 Å². The van der Waals surface area contributed by atoms with Crippen LogP contribution in [0.5, 0.6) is 17.2 Å². The predicted octanol–water partition coefficient (Wildman–Crippen LogP) is 2.32. The third kappa shape index (κ3) is 5.54. The first-order valence-corrected chi connectivity index (χ1v) is 7.95. The van der Waals surface area contributed by atoms with E-state index in [1.54, 1.807) is 33.5 Å². The van der Waals surface area contributed by atoms with Crippen LogP contribution in [0, 0.1) is 0 Å². The summed E-state index contributed by atoms with van der Waals surface area (Å²) >= 11 is 0. The third-order valence-electron chi connectivity index (χ3n) is 3.89. The number of benzene rings is 2. The molecule has 0 bridgehead atoms. The second kappa shape index (κ2) is 10.5. The molecule has 0 aromatic heterocycles. The highest BCUT2D eigenvalue weighted by Crippen LogP contribution is 2.33. The van der Waals surface area contributed by atoms with Crippen LogP contribution in [0.4, 0.5) is 0 Å². The van der Waals surface area contributed by atoms with E-state index in [1.165, 1.54) is 0 Å². The number of hydrogen-bond acceptors (Lipinski definition) is 5. The van der Waals surface area contributed by atoms with E-state index in [9.17, 15) is 4.79 Å². The minimum Gasteiger partial charge on any atom is -0.496 e. The molecule has 7 heteroatoms. The molecule has 0 unspecified atom stereocenters. The Hall–Kier alpha value is -2.44. The monoisotopic (exact) mass is 380 g/mol. The minimum absolute atomic E-state index is 0. The molecule has 142 valence electrons. The van der Waals surface area contributed by atoms with Crippen LogP contribution in [0.2, 0.25) is 0 Å². The van der Waals surface area contributed by atoms with E-state index in [1.807, 2.05) is 30.3 Å². The zero-order valence-corrected chi connectivity index (χ0v) is 16.0. The molecule has 0 aliphatic rings. The maximum Gasteiger partial charge on any atom is 0.237 e. The van der Waals surface area contributed by atoms with Crippen molar-refractivity contribution in [2.24, 2.45) is 5.73 Å². The highest BCUT2D eigenvalue weighted by molar-refractivity contribution is 5.85.